The van der Waals surface area contributed by atoms with Gasteiger partial charge < -0.3 is 19.5 Å². The number of benzene rings is 1. The van der Waals surface area contributed by atoms with E-state index in [0.717, 1.165) is 22.8 Å². The van der Waals surface area contributed by atoms with E-state index in [0.29, 0.717) is 12.5 Å². The van der Waals surface area contributed by atoms with Crippen LogP contribution in [-0.2, 0) is 11.3 Å². The molecule has 1 unspecified atom stereocenters. The average molecular weight is 251 g/mol. The summed E-state index contributed by atoms with van der Waals surface area (Å²) in [6, 6.07) is 7.70. The molecule has 0 spiro atoms. The second kappa shape index (κ2) is 7.01. The second-order valence-electron chi connectivity index (χ2n) is 4.89. The van der Waals surface area contributed by atoms with E-state index in [-0.39, 0.29) is 6.54 Å². The van der Waals surface area contributed by atoms with E-state index in [2.05, 4.69) is 13.8 Å². The number of carboxylic acid groups (broad SMARTS) is 1. The molecule has 0 radical (unpaired) electrons. The lowest BCUT2D eigenvalue weighted by Gasteiger charge is -2.22. The number of carboxylic acids is 1. The van der Waals surface area contributed by atoms with Gasteiger partial charge in [0.15, 0.2) is 0 Å². The number of nitrogens with one attached hydrogen (secondary N) is 1. The number of hydrogen-bond acceptors (Lipinski definition) is 3. The summed E-state index contributed by atoms with van der Waals surface area (Å²) in [7, 11) is 1.62. The molecule has 1 N–H and O–H groups in total. The van der Waals surface area contributed by atoms with Crippen LogP contribution in [0.2, 0.25) is 0 Å². The fourth-order valence-electron chi connectivity index (χ4n) is 2.11. The molecule has 1 atom stereocenters. The van der Waals surface area contributed by atoms with Crippen molar-refractivity contribution in [2.75, 3.05) is 20.2 Å². The molecule has 0 aliphatic heterocycles. The van der Waals surface area contributed by atoms with Crippen LogP contribution in [0.5, 0.6) is 5.75 Å². The number of rotatable bonds is 7. The van der Waals surface area contributed by atoms with Gasteiger partial charge in [-0.15, -0.1) is 0 Å². The zero-order valence-corrected chi connectivity index (χ0v) is 11.2. The Morgan fingerprint density at radius 2 is 2.06 bits per heavy atom. The molecule has 0 amide bonds. The Balaban J connectivity index is 2.77. The van der Waals surface area contributed by atoms with Crippen LogP contribution < -0.4 is 14.7 Å². The maximum Gasteiger partial charge on any atom is 0.127 e. The normalized spacial score (nSPS) is 12.4. The van der Waals surface area contributed by atoms with Crippen LogP contribution in [0, 0.1) is 5.92 Å². The Bertz CT molecular complexity index is 390. The van der Waals surface area contributed by atoms with E-state index in [9.17, 15) is 9.90 Å². The molecule has 0 saturated heterocycles. The molecule has 100 valence electrons. The number of aliphatic carboxylic acids is 1. The average Bonchev–Trinajstić information content (AvgIpc) is 2.27. The maximum absolute atomic E-state index is 10.8. The molecule has 0 saturated carbocycles. The molecule has 0 bridgehead atoms. The van der Waals surface area contributed by atoms with Gasteiger partial charge in [-0.3, -0.25) is 0 Å². The van der Waals surface area contributed by atoms with Gasteiger partial charge in [0.1, 0.15) is 18.8 Å². The second-order valence-corrected chi connectivity index (χ2v) is 4.89. The minimum Gasteiger partial charge on any atom is -0.544 e. The largest absolute Gasteiger partial charge is 0.544 e. The van der Waals surface area contributed by atoms with E-state index in [1.54, 1.807) is 7.11 Å². The monoisotopic (exact) mass is 251 g/mol. The Morgan fingerprint density at radius 3 is 2.61 bits per heavy atom. The van der Waals surface area contributed by atoms with E-state index in [1.165, 1.54) is 0 Å². The molecule has 0 aliphatic carbocycles. The topological polar surface area (TPSA) is 53.8 Å². The van der Waals surface area contributed by atoms with Crippen LogP contribution in [0.25, 0.3) is 0 Å². The predicted molar refractivity (Wildman–Crippen MR) is 67.2 cm³/mol. The summed E-state index contributed by atoms with van der Waals surface area (Å²) < 4.78 is 5.28. The summed E-state index contributed by atoms with van der Waals surface area (Å²) in [5.74, 6) is 0.228. The van der Waals surface area contributed by atoms with Gasteiger partial charge in [-0.25, -0.2) is 0 Å². The van der Waals surface area contributed by atoms with Gasteiger partial charge in [0.05, 0.1) is 19.6 Å². The number of methoxy groups -OCH3 is 1. The quantitative estimate of drug-likeness (QED) is 0.710. The maximum atomic E-state index is 10.8. The van der Waals surface area contributed by atoms with E-state index in [1.807, 2.05) is 24.3 Å². The molecular weight excluding hydrogens is 230 g/mol. The lowest BCUT2D eigenvalue weighted by Crippen LogP contribution is -3.12. The Labute approximate surface area is 108 Å². The lowest BCUT2D eigenvalue weighted by molar-refractivity contribution is -0.911. The van der Waals surface area contributed by atoms with Crippen LogP contribution in [0.15, 0.2) is 24.3 Å². The predicted octanol–water partition coefficient (Wildman–Crippen LogP) is -0.514. The summed E-state index contributed by atoms with van der Waals surface area (Å²) >= 11 is 0. The number of quaternary nitrogens is 1. The van der Waals surface area contributed by atoms with Crippen LogP contribution >= 0.6 is 0 Å². The summed E-state index contributed by atoms with van der Waals surface area (Å²) in [6.07, 6.45) is 0. The fraction of sp³-hybridized carbons (Fsp3) is 0.500. The summed E-state index contributed by atoms with van der Waals surface area (Å²) in [5.41, 5.74) is 1.02. The first-order valence-electron chi connectivity index (χ1n) is 6.18. The summed E-state index contributed by atoms with van der Waals surface area (Å²) in [5, 5.41) is 10.8. The third-order valence-electron chi connectivity index (χ3n) is 2.72. The Morgan fingerprint density at radius 1 is 1.39 bits per heavy atom. The fourth-order valence-corrected chi connectivity index (χ4v) is 2.11. The highest BCUT2D eigenvalue weighted by atomic mass is 16.5. The van der Waals surface area contributed by atoms with Crippen LogP contribution in [0.1, 0.15) is 19.4 Å². The number of para-hydroxylation sites is 1. The van der Waals surface area contributed by atoms with Crippen molar-refractivity contribution in [1.29, 1.82) is 0 Å². The molecule has 1 aromatic carbocycles. The van der Waals surface area contributed by atoms with Gasteiger partial charge in [-0.1, -0.05) is 26.0 Å². The number of hydrogen-bond donors (Lipinski definition) is 1. The third-order valence-corrected chi connectivity index (χ3v) is 2.72. The molecule has 0 fully saturated rings. The third kappa shape index (κ3) is 4.75. The first-order valence-corrected chi connectivity index (χ1v) is 6.18. The molecule has 0 heterocycles. The van der Waals surface area contributed by atoms with Gasteiger partial charge in [0.25, 0.3) is 0 Å². The van der Waals surface area contributed by atoms with Crippen LogP contribution in [0.3, 0.4) is 0 Å². The minimum absolute atomic E-state index is 0.0240. The van der Waals surface area contributed by atoms with E-state index >= 15 is 0 Å². The van der Waals surface area contributed by atoms with Crippen molar-refractivity contribution in [2.24, 2.45) is 5.92 Å². The molecule has 1 aromatic rings. The minimum atomic E-state index is -1.01. The van der Waals surface area contributed by atoms with E-state index in [4.69, 9.17) is 4.74 Å². The molecule has 0 aromatic heterocycles. The molecule has 0 aliphatic rings. The van der Waals surface area contributed by atoms with Crippen LogP contribution in [0.4, 0.5) is 0 Å². The number of ether oxygens (including phenoxy) is 1. The highest BCUT2D eigenvalue weighted by Gasteiger charge is 2.14. The summed E-state index contributed by atoms with van der Waals surface area (Å²) in [6.45, 7) is 5.62. The smallest absolute Gasteiger partial charge is 0.127 e. The summed E-state index contributed by atoms with van der Waals surface area (Å²) in [4.78, 5) is 11.8. The van der Waals surface area contributed by atoms with Crippen molar-refractivity contribution in [3.63, 3.8) is 0 Å². The van der Waals surface area contributed by atoms with Crippen molar-refractivity contribution in [2.45, 2.75) is 20.4 Å². The van der Waals surface area contributed by atoms with Crippen molar-refractivity contribution in [3.8, 4) is 5.75 Å². The Kier molecular flexibility index (Phi) is 5.65. The molecule has 4 nitrogen and oxygen atoms in total. The first-order chi connectivity index (χ1) is 8.52. The molecule has 1 rings (SSSR count). The SMILES string of the molecule is COc1ccccc1C[NH+](CC(=O)[O-])CC(C)C. The van der Waals surface area contributed by atoms with Crippen molar-refractivity contribution >= 4 is 5.97 Å². The molecule has 4 heteroatoms. The van der Waals surface area contributed by atoms with Crippen molar-refractivity contribution in [1.82, 2.24) is 0 Å². The lowest BCUT2D eigenvalue weighted by atomic mass is 10.1. The van der Waals surface area contributed by atoms with Crippen molar-refractivity contribution in [3.05, 3.63) is 29.8 Å². The Hall–Kier alpha value is -1.55. The van der Waals surface area contributed by atoms with Crippen LogP contribution in [-0.4, -0.2) is 26.2 Å². The number of carbonyl (C=O) groups is 1. The van der Waals surface area contributed by atoms with E-state index < -0.39 is 5.97 Å². The highest BCUT2D eigenvalue weighted by Crippen LogP contribution is 2.15. The zero-order chi connectivity index (χ0) is 13.5. The molecular formula is C14H21NO3. The van der Waals surface area contributed by atoms with Crippen molar-refractivity contribution < 1.29 is 19.5 Å². The van der Waals surface area contributed by atoms with Gasteiger partial charge in [-0.2, -0.15) is 0 Å². The molecule has 18 heavy (non-hydrogen) atoms. The van der Waals surface area contributed by atoms with Gasteiger partial charge >= 0.3 is 0 Å². The van der Waals surface area contributed by atoms with Gasteiger partial charge in [0, 0.05) is 11.5 Å². The van der Waals surface area contributed by atoms with Gasteiger partial charge in [0.2, 0.25) is 0 Å². The first kappa shape index (κ1) is 14.5. The zero-order valence-electron chi connectivity index (χ0n) is 11.2. The standard InChI is InChI=1S/C14H21NO3/c1-11(2)8-15(10-14(16)17)9-12-6-4-5-7-13(12)18-3/h4-7,11H,8-10H2,1-3H3,(H,16,17). The highest BCUT2D eigenvalue weighted by molar-refractivity contribution is 5.65. The van der Waals surface area contributed by atoms with Gasteiger partial charge in [-0.05, 0) is 12.1 Å². The number of carbonyl (C=O) groups excluding carboxylic acids is 1.